The summed E-state index contributed by atoms with van der Waals surface area (Å²) in [5.41, 5.74) is 3.51. The molecular formula is C23H21N3O2. The third kappa shape index (κ3) is 3.16. The molecule has 0 radical (unpaired) electrons. The van der Waals surface area contributed by atoms with Gasteiger partial charge in [0.05, 0.1) is 5.52 Å². The molecule has 0 aliphatic rings. The lowest BCUT2D eigenvalue weighted by Gasteiger charge is -2.08. The Morgan fingerprint density at radius 3 is 2.46 bits per heavy atom. The summed E-state index contributed by atoms with van der Waals surface area (Å²) < 4.78 is 1.96. The highest BCUT2D eigenvalue weighted by Crippen LogP contribution is 2.30. The molecule has 4 rings (SSSR count). The first-order valence-corrected chi connectivity index (χ1v) is 9.27. The number of pyridine rings is 1. The summed E-state index contributed by atoms with van der Waals surface area (Å²) in [6.45, 7) is 1.99. The summed E-state index contributed by atoms with van der Waals surface area (Å²) in [5.74, 6) is -0.428. The zero-order chi connectivity index (χ0) is 19.7. The molecule has 1 amide bonds. The van der Waals surface area contributed by atoms with Crippen molar-refractivity contribution in [1.82, 2.24) is 14.9 Å². The van der Waals surface area contributed by atoms with Gasteiger partial charge in [-0.05, 0) is 24.1 Å². The van der Waals surface area contributed by atoms with E-state index >= 15 is 0 Å². The first kappa shape index (κ1) is 17.9. The Morgan fingerprint density at radius 1 is 1.00 bits per heavy atom. The Balaban J connectivity index is 1.70. The Bertz CT molecular complexity index is 1190. The lowest BCUT2D eigenvalue weighted by Crippen LogP contribution is -2.27. The van der Waals surface area contributed by atoms with Gasteiger partial charge in [-0.3, -0.25) is 9.59 Å². The van der Waals surface area contributed by atoms with E-state index in [-0.39, 0.29) is 17.4 Å². The number of fused-ring (bicyclic) bond motifs is 3. The highest BCUT2D eigenvalue weighted by molar-refractivity contribution is 6.16. The molecule has 0 atom stereocenters. The molecule has 2 aromatic heterocycles. The molecule has 4 aromatic rings. The topological polar surface area (TPSA) is 64.0 Å². The lowest BCUT2D eigenvalue weighted by molar-refractivity contribution is 0.0949. The Hall–Kier alpha value is -3.47. The Morgan fingerprint density at radius 2 is 1.71 bits per heavy atom. The minimum Gasteiger partial charge on any atom is -0.350 e. The van der Waals surface area contributed by atoms with Crippen LogP contribution < -0.4 is 5.32 Å². The Labute approximate surface area is 163 Å². The normalized spacial score (nSPS) is 11.1. The molecule has 0 saturated carbocycles. The van der Waals surface area contributed by atoms with E-state index in [1.165, 1.54) is 6.92 Å². The second-order valence-electron chi connectivity index (χ2n) is 6.88. The summed E-state index contributed by atoms with van der Waals surface area (Å²) in [6.07, 6.45) is 0.739. The van der Waals surface area contributed by atoms with Crippen molar-refractivity contribution in [2.45, 2.75) is 13.3 Å². The maximum Gasteiger partial charge on any atom is 0.269 e. The van der Waals surface area contributed by atoms with Crippen LogP contribution in [0.4, 0.5) is 0 Å². The molecule has 0 saturated heterocycles. The van der Waals surface area contributed by atoms with Gasteiger partial charge >= 0.3 is 0 Å². The van der Waals surface area contributed by atoms with E-state index in [1.54, 1.807) is 6.07 Å². The third-order valence-corrected chi connectivity index (χ3v) is 4.99. The molecule has 0 fully saturated rings. The molecule has 0 bridgehead atoms. The predicted molar refractivity (Wildman–Crippen MR) is 111 cm³/mol. The van der Waals surface area contributed by atoms with Crippen LogP contribution in [0, 0.1) is 0 Å². The van der Waals surface area contributed by atoms with E-state index < -0.39 is 0 Å². The third-order valence-electron chi connectivity index (χ3n) is 4.99. The summed E-state index contributed by atoms with van der Waals surface area (Å²) in [5, 5.41) is 4.78. The van der Waals surface area contributed by atoms with Gasteiger partial charge in [0.25, 0.3) is 5.91 Å². The van der Waals surface area contributed by atoms with Gasteiger partial charge in [-0.2, -0.15) is 0 Å². The highest BCUT2D eigenvalue weighted by atomic mass is 16.2. The van der Waals surface area contributed by atoms with E-state index in [0.29, 0.717) is 12.2 Å². The molecule has 0 spiro atoms. The number of aromatic nitrogens is 2. The fourth-order valence-corrected chi connectivity index (χ4v) is 3.61. The monoisotopic (exact) mass is 371 g/mol. The molecule has 1 N–H and O–H groups in total. The minimum absolute atomic E-state index is 0.158. The molecule has 0 aliphatic carbocycles. The smallest absolute Gasteiger partial charge is 0.269 e. The van der Waals surface area contributed by atoms with Crippen molar-refractivity contribution >= 4 is 33.5 Å². The second kappa shape index (κ2) is 7.27. The lowest BCUT2D eigenvalue weighted by atomic mass is 10.1. The van der Waals surface area contributed by atoms with Crippen LogP contribution in [0.15, 0.2) is 60.7 Å². The summed E-state index contributed by atoms with van der Waals surface area (Å²) in [6, 6.07) is 19.7. The van der Waals surface area contributed by atoms with Crippen molar-refractivity contribution in [3.05, 3.63) is 77.6 Å². The van der Waals surface area contributed by atoms with Crippen LogP contribution in [0.1, 0.15) is 33.5 Å². The van der Waals surface area contributed by atoms with Crippen molar-refractivity contribution in [3.63, 3.8) is 0 Å². The first-order valence-electron chi connectivity index (χ1n) is 9.27. The van der Waals surface area contributed by atoms with Crippen molar-refractivity contribution < 1.29 is 9.59 Å². The van der Waals surface area contributed by atoms with Gasteiger partial charge in [-0.15, -0.1) is 0 Å². The van der Waals surface area contributed by atoms with Crippen molar-refractivity contribution in [2.24, 2.45) is 7.05 Å². The minimum atomic E-state index is -0.270. The predicted octanol–water partition coefficient (Wildman–Crippen LogP) is 3.90. The van der Waals surface area contributed by atoms with Gasteiger partial charge in [0.1, 0.15) is 11.4 Å². The van der Waals surface area contributed by atoms with Crippen molar-refractivity contribution in [1.29, 1.82) is 0 Å². The molecule has 2 heterocycles. The summed E-state index contributed by atoms with van der Waals surface area (Å²) >= 11 is 0. The zero-order valence-electron chi connectivity index (χ0n) is 15.9. The number of amides is 1. The van der Waals surface area contributed by atoms with Gasteiger partial charge in [-0.1, -0.05) is 48.5 Å². The number of ketones is 1. The average molecular weight is 371 g/mol. The number of carbonyl (C=O) groups excluding carboxylic acids is 2. The maximum atomic E-state index is 12.7. The number of carbonyl (C=O) groups is 2. The van der Waals surface area contributed by atoms with Crippen LogP contribution in [0.2, 0.25) is 0 Å². The second-order valence-corrected chi connectivity index (χ2v) is 6.88. The van der Waals surface area contributed by atoms with E-state index in [2.05, 4.69) is 10.3 Å². The van der Waals surface area contributed by atoms with Crippen LogP contribution in [-0.4, -0.2) is 27.8 Å². The molecule has 5 nitrogen and oxygen atoms in total. The van der Waals surface area contributed by atoms with Crippen LogP contribution in [0.25, 0.3) is 21.8 Å². The number of Topliss-reactive ketones (excluding diaryl/α,β-unsaturated/α-hetero) is 1. The molecule has 0 aliphatic heterocycles. The van der Waals surface area contributed by atoms with Gasteiger partial charge in [0, 0.05) is 36.8 Å². The van der Waals surface area contributed by atoms with E-state index in [1.807, 2.05) is 66.2 Å². The number of nitrogens with one attached hydrogen (secondary N) is 1. The number of nitrogens with zero attached hydrogens (tertiary/aromatic N) is 2. The SMILES string of the molecule is CC(=O)c1nc(C(=O)NCCc2ccccc2)cc2c3ccccc3n(C)c12. The van der Waals surface area contributed by atoms with Gasteiger partial charge in [-0.25, -0.2) is 4.98 Å². The van der Waals surface area contributed by atoms with Crippen LogP contribution in [0.5, 0.6) is 0 Å². The number of para-hydroxylation sites is 1. The number of hydrogen-bond acceptors (Lipinski definition) is 3. The van der Waals surface area contributed by atoms with Gasteiger partial charge in [0.15, 0.2) is 5.78 Å². The largest absolute Gasteiger partial charge is 0.350 e. The molecule has 28 heavy (non-hydrogen) atoms. The van der Waals surface area contributed by atoms with E-state index in [9.17, 15) is 9.59 Å². The molecule has 2 aromatic carbocycles. The fraction of sp³-hybridized carbons (Fsp3) is 0.174. The number of rotatable bonds is 5. The average Bonchev–Trinajstić information content (AvgIpc) is 3.00. The van der Waals surface area contributed by atoms with Crippen LogP contribution in [0.3, 0.4) is 0 Å². The zero-order valence-corrected chi connectivity index (χ0v) is 15.9. The quantitative estimate of drug-likeness (QED) is 0.541. The van der Waals surface area contributed by atoms with E-state index in [4.69, 9.17) is 0 Å². The van der Waals surface area contributed by atoms with E-state index in [0.717, 1.165) is 33.8 Å². The summed E-state index contributed by atoms with van der Waals surface area (Å²) in [7, 11) is 1.92. The molecule has 0 unspecified atom stereocenters. The van der Waals surface area contributed by atoms with Crippen LogP contribution in [-0.2, 0) is 13.5 Å². The van der Waals surface area contributed by atoms with Crippen molar-refractivity contribution in [2.75, 3.05) is 6.54 Å². The van der Waals surface area contributed by atoms with Crippen molar-refractivity contribution in [3.8, 4) is 0 Å². The summed E-state index contributed by atoms with van der Waals surface area (Å²) in [4.78, 5) is 29.4. The highest BCUT2D eigenvalue weighted by Gasteiger charge is 2.19. The molecular weight excluding hydrogens is 350 g/mol. The Kier molecular flexibility index (Phi) is 4.65. The number of benzene rings is 2. The van der Waals surface area contributed by atoms with Gasteiger partial charge in [0.2, 0.25) is 0 Å². The fourth-order valence-electron chi connectivity index (χ4n) is 3.61. The molecule has 5 heteroatoms. The van der Waals surface area contributed by atoms with Crippen LogP contribution >= 0.6 is 0 Å². The first-order chi connectivity index (χ1) is 13.6. The number of aryl methyl sites for hydroxylation is 1. The standard InChI is InChI=1S/C23H21N3O2/c1-15(27)21-22-18(17-10-6-7-11-20(17)26(22)2)14-19(25-21)23(28)24-13-12-16-8-4-3-5-9-16/h3-11,14H,12-13H2,1-2H3,(H,24,28). The molecule has 140 valence electrons. The van der Waals surface area contributed by atoms with Gasteiger partial charge < -0.3 is 9.88 Å². The number of hydrogen-bond donors (Lipinski definition) is 1. The maximum absolute atomic E-state index is 12.7.